The highest BCUT2D eigenvalue weighted by molar-refractivity contribution is 5.88. The van der Waals surface area contributed by atoms with Crippen LogP contribution < -0.4 is 0 Å². The van der Waals surface area contributed by atoms with Gasteiger partial charge in [-0.1, -0.05) is 20.8 Å². The average Bonchev–Trinajstić information content (AvgIpc) is 2.14. The molecule has 0 aliphatic rings. The molecule has 1 N–H and O–H groups in total. The first kappa shape index (κ1) is 14.1. The van der Waals surface area contributed by atoms with Gasteiger partial charge >= 0.3 is 5.97 Å². The van der Waals surface area contributed by atoms with Crippen LogP contribution in [0.5, 0.6) is 0 Å². The maximum atomic E-state index is 11.4. The SMILES string of the molecule is CCC(=O)C[C@@](O)(CC(C)C)C(=O)OC. The minimum atomic E-state index is -1.66. The van der Waals surface area contributed by atoms with Crippen LogP contribution in [0, 0.1) is 5.92 Å². The van der Waals surface area contributed by atoms with Crippen LogP contribution in [-0.4, -0.2) is 29.6 Å². The molecule has 0 aromatic heterocycles. The van der Waals surface area contributed by atoms with Gasteiger partial charge in [0.25, 0.3) is 0 Å². The Morgan fingerprint density at radius 2 is 1.93 bits per heavy atom. The van der Waals surface area contributed by atoms with Crippen molar-refractivity contribution in [2.45, 2.75) is 45.6 Å². The van der Waals surface area contributed by atoms with Gasteiger partial charge in [-0.15, -0.1) is 0 Å². The molecule has 0 heterocycles. The predicted octanol–water partition coefficient (Wildman–Crippen LogP) is 1.31. The number of Topliss-reactive ketones (excluding diaryl/α,β-unsaturated/α-hetero) is 1. The Hall–Kier alpha value is -0.900. The lowest BCUT2D eigenvalue weighted by Crippen LogP contribution is -2.42. The van der Waals surface area contributed by atoms with E-state index in [-0.39, 0.29) is 24.5 Å². The molecule has 0 spiro atoms. The van der Waals surface area contributed by atoms with E-state index in [1.807, 2.05) is 13.8 Å². The molecule has 0 aliphatic carbocycles. The van der Waals surface area contributed by atoms with Crippen LogP contribution in [0.1, 0.15) is 40.0 Å². The van der Waals surface area contributed by atoms with Crippen LogP contribution in [-0.2, 0) is 14.3 Å². The molecule has 0 aromatic carbocycles. The quantitative estimate of drug-likeness (QED) is 0.680. The molecule has 0 saturated heterocycles. The van der Waals surface area contributed by atoms with E-state index in [4.69, 9.17) is 0 Å². The minimum absolute atomic E-state index is 0.124. The normalized spacial score (nSPS) is 14.8. The number of esters is 1. The third-order valence-corrected chi connectivity index (χ3v) is 2.20. The molecule has 0 radical (unpaired) electrons. The molecule has 0 amide bonds. The molecule has 0 aliphatic heterocycles. The molecule has 0 fully saturated rings. The fourth-order valence-corrected chi connectivity index (χ4v) is 1.54. The van der Waals surface area contributed by atoms with Crippen LogP contribution in [0.3, 0.4) is 0 Å². The highest BCUT2D eigenvalue weighted by atomic mass is 16.5. The Balaban J connectivity index is 4.69. The Labute approximate surface area is 90.6 Å². The molecule has 1 atom stereocenters. The molecule has 0 unspecified atom stereocenters. The number of rotatable bonds is 6. The van der Waals surface area contributed by atoms with Crippen molar-refractivity contribution in [1.29, 1.82) is 0 Å². The summed E-state index contributed by atoms with van der Waals surface area (Å²) in [5, 5.41) is 10.1. The second kappa shape index (κ2) is 5.85. The zero-order valence-electron chi connectivity index (χ0n) is 9.87. The largest absolute Gasteiger partial charge is 0.467 e. The highest BCUT2D eigenvalue weighted by Crippen LogP contribution is 2.23. The second-order valence-corrected chi connectivity index (χ2v) is 4.19. The molecular formula is C11H20O4. The zero-order valence-corrected chi connectivity index (χ0v) is 9.87. The molecule has 4 nitrogen and oxygen atoms in total. The Kier molecular flexibility index (Phi) is 5.50. The number of carbonyl (C=O) groups is 2. The van der Waals surface area contributed by atoms with E-state index < -0.39 is 11.6 Å². The molecule has 0 aromatic rings. The Morgan fingerprint density at radius 3 is 2.27 bits per heavy atom. The van der Waals surface area contributed by atoms with E-state index in [0.717, 1.165) is 0 Å². The Bertz CT molecular complexity index is 235. The van der Waals surface area contributed by atoms with Gasteiger partial charge in [-0.25, -0.2) is 4.79 Å². The minimum Gasteiger partial charge on any atom is -0.467 e. The zero-order chi connectivity index (χ0) is 12.1. The van der Waals surface area contributed by atoms with Gasteiger partial charge in [0.1, 0.15) is 5.78 Å². The lowest BCUT2D eigenvalue weighted by Gasteiger charge is -2.26. The summed E-state index contributed by atoms with van der Waals surface area (Å²) in [7, 11) is 1.21. The van der Waals surface area contributed by atoms with Crippen molar-refractivity contribution >= 4 is 11.8 Å². The second-order valence-electron chi connectivity index (χ2n) is 4.19. The molecule has 4 heteroatoms. The topological polar surface area (TPSA) is 63.6 Å². The van der Waals surface area contributed by atoms with Gasteiger partial charge in [0.05, 0.1) is 7.11 Å². The Morgan fingerprint density at radius 1 is 1.40 bits per heavy atom. The number of carbonyl (C=O) groups excluding carboxylic acids is 2. The molecule has 15 heavy (non-hydrogen) atoms. The maximum absolute atomic E-state index is 11.4. The van der Waals surface area contributed by atoms with E-state index in [0.29, 0.717) is 6.42 Å². The van der Waals surface area contributed by atoms with Gasteiger partial charge in [0.2, 0.25) is 0 Å². The van der Waals surface area contributed by atoms with Crippen molar-refractivity contribution in [1.82, 2.24) is 0 Å². The van der Waals surface area contributed by atoms with Crippen molar-refractivity contribution in [2.75, 3.05) is 7.11 Å². The molecular weight excluding hydrogens is 196 g/mol. The lowest BCUT2D eigenvalue weighted by atomic mass is 9.87. The van der Waals surface area contributed by atoms with E-state index in [1.54, 1.807) is 6.92 Å². The van der Waals surface area contributed by atoms with Gasteiger partial charge in [-0.3, -0.25) is 4.79 Å². The summed E-state index contributed by atoms with van der Waals surface area (Å²) in [5.41, 5.74) is -1.66. The first-order valence-electron chi connectivity index (χ1n) is 5.18. The van der Waals surface area contributed by atoms with Crippen molar-refractivity contribution in [3.63, 3.8) is 0 Å². The first-order chi connectivity index (χ1) is 6.85. The standard InChI is InChI=1S/C11H20O4/c1-5-9(12)7-11(14,6-8(2)3)10(13)15-4/h8,14H,5-7H2,1-4H3/t11-/m0/s1. The number of ketones is 1. The number of aliphatic hydroxyl groups is 1. The monoisotopic (exact) mass is 216 g/mol. The maximum Gasteiger partial charge on any atom is 0.338 e. The smallest absolute Gasteiger partial charge is 0.338 e. The summed E-state index contributed by atoms with van der Waals surface area (Å²) in [6.45, 7) is 5.46. The van der Waals surface area contributed by atoms with E-state index in [2.05, 4.69) is 4.74 Å². The van der Waals surface area contributed by atoms with E-state index >= 15 is 0 Å². The fraction of sp³-hybridized carbons (Fsp3) is 0.818. The number of hydrogen-bond acceptors (Lipinski definition) is 4. The molecule has 0 rings (SSSR count). The van der Waals surface area contributed by atoms with Gasteiger partial charge in [-0.2, -0.15) is 0 Å². The van der Waals surface area contributed by atoms with Gasteiger partial charge in [0, 0.05) is 12.8 Å². The molecule has 0 bridgehead atoms. The van der Waals surface area contributed by atoms with Crippen LogP contribution >= 0.6 is 0 Å². The summed E-state index contributed by atoms with van der Waals surface area (Å²) in [6.07, 6.45) is 0.400. The lowest BCUT2D eigenvalue weighted by molar-refractivity contribution is -0.166. The van der Waals surface area contributed by atoms with Gasteiger partial charge < -0.3 is 9.84 Å². The number of methoxy groups -OCH3 is 1. The van der Waals surface area contributed by atoms with Gasteiger partial charge in [-0.05, 0) is 12.3 Å². The van der Waals surface area contributed by atoms with Crippen molar-refractivity contribution < 1.29 is 19.4 Å². The molecule has 88 valence electrons. The average molecular weight is 216 g/mol. The van der Waals surface area contributed by atoms with Crippen LogP contribution in [0.15, 0.2) is 0 Å². The van der Waals surface area contributed by atoms with E-state index in [1.165, 1.54) is 7.11 Å². The number of hydrogen-bond donors (Lipinski definition) is 1. The third kappa shape index (κ3) is 4.42. The fourth-order valence-electron chi connectivity index (χ4n) is 1.54. The summed E-state index contributed by atoms with van der Waals surface area (Å²) < 4.78 is 4.52. The highest BCUT2D eigenvalue weighted by Gasteiger charge is 2.39. The summed E-state index contributed by atoms with van der Waals surface area (Å²) in [5.74, 6) is -0.736. The number of ether oxygens (including phenoxy) is 1. The predicted molar refractivity (Wildman–Crippen MR) is 56.3 cm³/mol. The summed E-state index contributed by atoms with van der Waals surface area (Å²) in [6, 6.07) is 0. The van der Waals surface area contributed by atoms with Crippen molar-refractivity contribution in [3.8, 4) is 0 Å². The van der Waals surface area contributed by atoms with Crippen LogP contribution in [0.4, 0.5) is 0 Å². The van der Waals surface area contributed by atoms with Gasteiger partial charge in [0.15, 0.2) is 5.60 Å². The third-order valence-electron chi connectivity index (χ3n) is 2.20. The van der Waals surface area contributed by atoms with E-state index in [9.17, 15) is 14.7 Å². The van der Waals surface area contributed by atoms with Crippen molar-refractivity contribution in [2.24, 2.45) is 5.92 Å². The first-order valence-corrected chi connectivity index (χ1v) is 5.18. The molecule has 0 saturated carbocycles. The van der Waals surface area contributed by atoms with Crippen molar-refractivity contribution in [3.05, 3.63) is 0 Å². The van der Waals surface area contributed by atoms with Crippen LogP contribution in [0.25, 0.3) is 0 Å². The summed E-state index contributed by atoms with van der Waals surface area (Å²) >= 11 is 0. The van der Waals surface area contributed by atoms with Crippen LogP contribution in [0.2, 0.25) is 0 Å². The summed E-state index contributed by atoms with van der Waals surface area (Å²) in [4.78, 5) is 22.7.